The second-order valence-corrected chi connectivity index (χ2v) is 12.4. The molecule has 0 spiro atoms. The van der Waals surface area contributed by atoms with Crippen LogP contribution in [0.15, 0.2) is 54.6 Å². The number of sulfonamides is 1. The molecule has 1 N–H and O–H groups in total. The number of hydrogen-bond acceptors (Lipinski definition) is 3. The molecule has 0 radical (unpaired) electrons. The number of halogens is 1. The van der Waals surface area contributed by atoms with Crippen LogP contribution in [-0.2, 0) is 22.9 Å². The van der Waals surface area contributed by atoms with E-state index < -0.39 is 10.0 Å². The molecule has 1 saturated heterocycles. The SMILES string of the molecule is CNC1Cc2ccc(C3CN(S(=O)(=O)CC=CC4CCC4)C3)cc2C1Cc1cccc(Cl)c1. The van der Waals surface area contributed by atoms with Crippen LogP contribution in [0.1, 0.15) is 53.4 Å². The smallest absolute Gasteiger partial charge is 0.217 e. The van der Waals surface area contributed by atoms with Crippen molar-refractivity contribution in [3.8, 4) is 0 Å². The lowest BCUT2D eigenvalue weighted by atomic mass is 9.85. The number of nitrogens with zero attached hydrogens (tertiary/aromatic N) is 1. The Morgan fingerprint density at radius 1 is 1.15 bits per heavy atom. The average Bonchev–Trinajstić information content (AvgIpc) is 3.05. The first-order valence-corrected chi connectivity index (χ1v) is 14.1. The van der Waals surface area contributed by atoms with Gasteiger partial charge in [0.1, 0.15) is 0 Å². The van der Waals surface area contributed by atoms with Gasteiger partial charge in [0.2, 0.25) is 10.0 Å². The van der Waals surface area contributed by atoms with E-state index in [9.17, 15) is 8.42 Å². The van der Waals surface area contributed by atoms with Crippen LogP contribution in [0, 0.1) is 5.92 Å². The molecule has 3 aliphatic rings. The number of fused-ring (bicyclic) bond motifs is 1. The maximum Gasteiger partial charge on any atom is 0.217 e. The number of allylic oxidation sites excluding steroid dienone is 1. The van der Waals surface area contributed by atoms with Gasteiger partial charge in [-0.1, -0.05) is 60.5 Å². The molecule has 2 aromatic rings. The minimum Gasteiger partial charge on any atom is -0.316 e. The van der Waals surface area contributed by atoms with E-state index in [1.54, 1.807) is 4.31 Å². The molecule has 6 heteroatoms. The van der Waals surface area contributed by atoms with Gasteiger partial charge in [-0.2, -0.15) is 0 Å². The highest BCUT2D eigenvalue weighted by atomic mass is 35.5. The maximum absolute atomic E-state index is 12.7. The van der Waals surface area contributed by atoms with Crippen molar-refractivity contribution in [1.29, 1.82) is 0 Å². The molecule has 2 aromatic carbocycles. The van der Waals surface area contributed by atoms with Crippen molar-refractivity contribution in [2.24, 2.45) is 5.92 Å². The molecule has 4 nitrogen and oxygen atoms in total. The molecule has 5 rings (SSSR count). The summed E-state index contributed by atoms with van der Waals surface area (Å²) >= 11 is 6.23. The van der Waals surface area contributed by atoms with Crippen LogP contribution in [-0.4, -0.2) is 44.7 Å². The number of nitrogens with one attached hydrogen (secondary N) is 1. The molecule has 2 aliphatic carbocycles. The third-order valence-electron chi connectivity index (χ3n) is 7.79. The van der Waals surface area contributed by atoms with E-state index in [-0.39, 0.29) is 11.7 Å². The first-order chi connectivity index (χ1) is 15.9. The molecule has 33 heavy (non-hydrogen) atoms. The Hall–Kier alpha value is -1.66. The highest BCUT2D eigenvalue weighted by Crippen LogP contribution is 2.39. The minimum atomic E-state index is -3.20. The van der Waals surface area contributed by atoms with Gasteiger partial charge in [-0.15, -0.1) is 0 Å². The summed E-state index contributed by atoms with van der Waals surface area (Å²) in [7, 11) is -1.16. The van der Waals surface area contributed by atoms with Crippen LogP contribution >= 0.6 is 11.6 Å². The van der Waals surface area contributed by atoms with E-state index in [0.29, 0.717) is 31.0 Å². The standard InChI is InChI=1S/C27H33ClN2O2S/c1-29-27-16-22-11-10-21(15-25(22)26(27)14-20-7-3-9-24(28)13-20)23-17-30(18-23)33(31,32)12-4-8-19-5-2-6-19/h3-4,7-11,13,15,19,23,26-27,29H,2,5-6,12,14,16-18H2,1H3. The van der Waals surface area contributed by atoms with Gasteiger partial charge in [0.05, 0.1) is 5.75 Å². The fourth-order valence-corrected chi connectivity index (χ4v) is 7.04. The molecule has 0 aromatic heterocycles. The number of hydrogen-bond donors (Lipinski definition) is 1. The largest absolute Gasteiger partial charge is 0.316 e. The predicted molar refractivity (Wildman–Crippen MR) is 135 cm³/mol. The molecule has 176 valence electrons. The van der Waals surface area contributed by atoms with Crippen molar-refractivity contribution in [3.05, 3.63) is 81.9 Å². The van der Waals surface area contributed by atoms with Gasteiger partial charge in [-0.05, 0) is 73.0 Å². The fraction of sp³-hybridized carbons (Fsp3) is 0.481. The molecule has 2 atom stereocenters. The highest BCUT2D eigenvalue weighted by Gasteiger charge is 2.38. The minimum absolute atomic E-state index is 0.131. The molecule has 2 fully saturated rings. The lowest BCUT2D eigenvalue weighted by Crippen LogP contribution is -2.49. The lowest BCUT2D eigenvalue weighted by molar-refractivity contribution is 0.265. The maximum atomic E-state index is 12.7. The summed E-state index contributed by atoms with van der Waals surface area (Å²) in [5, 5.41) is 4.28. The van der Waals surface area contributed by atoms with Crippen molar-refractivity contribution in [1.82, 2.24) is 9.62 Å². The quantitative estimate of drug-likeness (QED) is 0.542. The normalized spacial score (nSPS) is 24.1. The monoisotopic (exact) mass is 484 g/mol. The van der Waals surface area contributed by atoms with Crippen LogP contribution in [0.3, 0.4) is 0 Å². The molecule has 1 heterocycles. The Balaban J connectivity index is 1.26. The Labute approximate surface area is 203 Å². The number of benzene rings is 2. The van der Waals surface area contributed by atoms with Crippen LogP contribution < -0.4 is 5.32 Å². The van der Waals surface area contributed by atoms with E-state index >= 15 is 0 Å². The second-order valence-electron chi connectivity index (χ2n) is 9.91. The summed E-state index contributed by atoms with van der Waals surface area (Å²) in [6, 6.07) is 15.3. The van der Waals surface area contributed by atoms with Gasteiger partial charge >= 0.3 is 0 Å². The molecule has 2 unspecified atom stereocenters. The summed E-state index contributed by atoms with van der Waals surface area (Å²) in [4.78, 5) is 0. The Kier molecular flexibility index (Phi) is 6.67. The number of likely N-dealkylation sites (N-methyl/N-ethyl adjacent to an activating group) is 1. The average molecular weight is 485 g/mol. The van der Waals surface area contributed by atoms with Crippen molar-refractivity contribution in [2.45, 2.75) is 50.0 Å². The number of rotatable bonds is 8. The van der Waals surface area contributed by atoms with Gasteiger partial charge < -0.3 is 5.32 Å². The topological polar surface area (TPSA) is 49.4 Å². The van der Waals surface area contributed by atoms with E-state index in [1.807, 2.05) is 25.3 Å². The summed E-state index contributed by atoms with van der Waals surface area (Å²) in [6.45, 7) is 1.18. The fourth-order valence-electron chi connectivity index (χ4n) is 5.45. The van der Waals surface area contributed by atoms with Crippen molar-refractivity contribution in [2.75, 3.05) is 25.9 Å². The van der Waals surface area contributed by atoms with Gasteiger partial charge in [0.15, 0.2) is 0 Å². The molecule has 1 saturated carbocycles. The Morgan fingerprint density at radius 2 is 1.97 bits per heavy atom. The molecular formula is C27H33ClN2O2S. The summed E-state index contributed by atoms with van der Waals surface area (Å²) in [5.74, 6) is 1.39. The molecule has 1 aliphatic heterocycles. The third kappa shape index (κ3) is 4.93. The molecule has 0 bridgehead atoms. The van der Waals surface area contributed by atoms with Crippen molar-refractivity contribution >= 4 is 21.6 Å². The summed E-state index contributed by atoms with van der Waals surface area (Å²) in [5.41, 5.74) is 5.31. The van der Waals surface area contributed by atoms with E-state index in [1.165, 1.54) is 41.5 Å². The Bertz CT molecular complexity index is 1140. The summed E-state index contributed by atoms with van der Waals surface area (Å²) in [6.07, 6.45) is 9.60. The molecule has 0 amide bonds. The van der Waals surface area contributed by atoms with E-state index in [2.05, 4.69) is 41.7 Å². The van der Waals surface area contributed by atoms with Crippen LogP contribution in [0.5, 0.6) is 0 Å². The third-order valence-corrected chi connectivity index (χ3v) is 9.72. The van der Waals surface area contributed by atoms with E-state index in [0.717, 1.165) is 17.9 Å². The zero-order valence-electron chi connectivity index (χ0n) is 19.2. The Morgan fingerprint density at radius 3 is 2.67 bits per heavy atom. The van der Waals surface area contributed by atoms with Crippen LogP contribution in [0.4, 0.5) is 0 Å². The van der Waals surface area contributed by atoms with Gasteiger partial charge in [-0.25, -0.2) is 12.7 Å². The first kappa shape index (κ1) is 23.1. The second kappa shape index (κ2) is 9.53. The van der Waals surface area contributed by atoms with Gasteiger partial charge in [-0.3, -0.25) is 0 Å². The predicted octanol–water partition coefficient (Wildman–Crippen LogP) is 4.90. The van der Waals surface area contributed by atoms with E-state index in [4.69, 9.17) is 11.6 Å². The summed E-state index contributed by atoms with van der Waals surface area (Å²) < 4.78 is 27.0. The first-order valence-electron chi connectivity index (χ1n) is 12.1. The lowest BCUT2D eigenvalue weighted by Gasteiger charge is -2.38. The van der Waals surface area contributed by atoms with Crippen LogP contribution in [0.2, 0.25) is 5.02 Å². The molecular weight excluding hydrogens is 452 g/mol. The van der Waals surface area contributed by atoms with Crippen molar-refractivity contribution in [3.63, 3.8) is 0 Å². The van der Waals surface area contributed by atoms with Gasteiger partial charge in [0, 0.05) is 36.0 Å². The van der Waals surface area contributed by atoms with Crippen molar-refractivity contribution < 1.29 is 8.42 Å². The van der Waals surface area contributed by atoms with Crippen LogP contribution in [0.25, 0.3) is 0 Å². The zero-order chi connectivity index (χ0) is 23.0. The highest BCUT2D eigenvalue weighted by molar-refractivity contribution is 7.89. The zero-order valence-corrected chi connectivity index (χ0v) is 20.8. The van der Waals surface area contributed by atoms with Gasteiger partial charge in [0.25, 0.3) is 0 Å².